The van der Waals surface area contributed by atoms with Crippen LogP contribution in [0, 0.1) is 0 Å². The fourth-order valence-electron chi connectivity index (χ4n) is 1.85. The predicted octanol–water partition coefficient (Wildman–Crippen LogP) is 0.796. The average molecular weight is 316 g/mol. The second kappa shape index (κ2) is 6.42. The van der Waals surface area contributed by atoms with Crippen LogP contribution < -0.4 is 10.5 Å². The Bertz CT molecular complexity index is 629. The number of sulfonamides is 1. The summed E-state index contributed by atoms with van der Waals surface area (Å²) in [6.07, 6.45) is 0.746. The van der Waals surface area contributed by atoms with E-state index in [1.54, 1.807) is 13.8 Å². The van der Waals surface area contributed by atoms with Gasteiger partial charge in [0.05, 0.1) is 11.3 Å². The maximum absolute atomic E-state index is 12.4. The van der Waals surface area contributed by atoms with E-state index in [2.05, 4.69) is 4.72 Å². The number of aliphatic hydroxyl groups excluding tert-OH is 1. The molecule has 0 fully saturated rings. The van der Waals surface area contributed by atoms with Gasteiger partial charge in [-0.2, -0.15) is 0 Å². The van der Waals surface area contributed by atoms with E-state index in [1.807, 2.05) is 0 Å². The lowest BCUT2D eigenvalue weighted by Gasteiger charge is -2.28. The van der Waals surface area contributed by atoms with Crippen molar-refractivity contribution in [3.63, 3.8) is 0 Å². The van der Waals surface area contributed by atoms with Gasteiger partial charge in [0.25, 0.3) is 0 Å². The van der Waals surface area contributed by atoms with Gasteiger partial charge in [-0.25, -0.2) is 17.9 Å². The Morgan fingerprint density at radius 2 is 2.05 bits per heavy atom. The molecule has 0 aliphatic carbocycles. The monoisotopic (exact) mass is 316 g/mol. The second-order valence-electron chi connectivity index (χ2n) is 5.05. The first-order valence-corrected chi connectivity index (χ1v) is 7.91. The van der Waals surface area contributed by atoms with E-state index in [4.69, 9.17) is 15.9 Å². The van der Waals surface area contributed by atoms with Crippen molar-refractivity contribution in [1.82, 2.24) is 4.72 Å². The Morgan fingerprint density at radius 1 is 1.43 bits per heavy atom. The number of benzene rings is 1. The van der Waals surface area contributed by atoms with Crippen LogP contribution in [0.4, 0.5) is 5.69 Å². The molecule has 0 aliphatic rings. The molecular formula is C13H20N2O5S. The first kappa shape index (κ1) is 17.4. The molecule has 0 radical (unpaired) electrons. The van der Waals surface area contributed by atoms with Crippen molar-refractivity contribution in [2.75, 3.05) is 12.3 Å². The van der Waals surface area contributed by atoms with Gasteiger partial charge in [0, 0.05) is 12.1 Å². The van der Waals surface area contributed by atoms with Crippen molar-refractivity contribution in [3.8, 4) is 0 Å². The minimum absolute atomic E-state index is 0.0833. The van der Waals surface area contributed by atoms with Crippen molar-refractivity contribution in [2.24, 2.45) is 0 Å². The minimum Gasteiger partial charge on any atom is -0.478 e. The summed E-state index contributed by atoms with van der Waals surface area (Å²) in [4.78, 5) is 10.7. The molecule has 0 aliphatic heterocycles. The number of nitrogens with one attached hydrogen (secondary N) is 1. The molecule has 0 aromatic heterocycles. The smallest absolute Gasteiger partial charge is 0.335 e. The first-order chi connectivity index (χ1) is 9.65. The first-order valence-electron chi connectivity index (χ1n) is 6.43. The summed E-state index contributed by atoms with van der Waals surface area (Å²) in [5, 5.41) is 17.9. The molecule has 1 aromatic carbocycles. The van der Waals surface area contributed by atoms with Crippen LogP contribution in [-0.2, 0) is 10.0 Å². The number of hydrogen-bond donors (Lipinski definition) is 4. The third-order valence-corrected chi connectivity index (χ3v) is 5.08. The van der Waals surface area contributed by atoms with E-state index in [-0.39, 0.29) is 29.2 Å². The lowest BCUT2D eigenvalue weighted by Crippen LogP contribution is -2.46. The zero-order chi connectivity index (χ0) is 16.3. The highest BCUT2D eigenvalue weighted by Crippen LogP contribution is 2.23. The topological polar surface area (TPSA) is 130 Å². The number of rotatable bonds is 7. The molecule has 118 valence electrons. The van der Waals surface area contributed by atoms with E-state index in [0.717, 1.165) is 12.1 Å². The number of carboxylic acid groups (broad SMARTS) is 1. The molecule has 1 atom stereocenters. The summed E-state index contributed by atoms with van der Waals surface area (Å²) in [6, 6.07) is 3.45. The summed E-state index contributed by atoms with van der Waals surface area (Å²) < 4.78 is 27.2. The quantitative estimate of drug-likeness (QED) is 0.550. The summed E-state index contributed by atoms with van der Waals surface area (Å²) in [5.41, 5.74) is 4.63. The number of carboxylic acids is 1. The maximum Gasteiger partial charge on any atom is 0.335 e. The largest absolute Gasteiger partial charge is 0.478 e. The maximum atomic E-state index is 12.4. The second-order valence-corrected chi connectivity index (χ2v) is 6.70. The van der Waals surface area contributed by atoms with Crippen molar-refractivity contribution >= 4 is 21.7 Å². The van der Waals surface area contributed by atoms with Gasteiger partial charge in [-0.1, -0.05) is 6.92 Å². The van der Waals surface area contributed by atoms with Gasteiger partial charge in [0.2, 0.25) is 10.0 Å². The number of nitrogen functional groups attached to an aromatic ring is 1. The van der Waals surface area contributed by atoms with Crippen molar-refractivity contribution in [1.29, 1.82) is 0 Å². The highest BCUT2D eigenvalue weighted by molar-refractivity contribution is 7.89. The summed E-state index contributed by atoms with van der Waals surface area (Å²) in [6.45, 7) is 3.33. The summed E-state index contributed by atoms with van der Waals surface area (Å²) in [7, 11) is -3.90. The molecule has 0 saturated carbocycles. The van der Waals surface area contributed by atoms with Gasteiger partial charge in [0.15, 0.2) is 0 Å². The van der Waals surface area contributed by atoms with E-state index < -0.39 is 21.5 Å². The Balaban J connectivity index is 3.17. The zero-order valence-electron chi connectivity index (χ0n) is 12.0. The number of anilines is 1. The van der Waals surface area contributed by atoms with Crippen LogP contribution in [0.1, 0.15) is 37.0 Å². The van der Waals surface area contributed by atoms with Crippen LogP contribution in [0.5, 0.6) is 0 Å². The Labute approximate surface area is 123 Å². The molecule has 1 unspecified atom stereocenters. The van der Waals surface area contributed by atoms with E-state index in [0.29, 0.717) is 6.42 Å². The Kier molecular flexibility index (Phi) is 5.32. The summed E-state index contributed by atoms with van der Waals surface area (Å²) in [5.74, 6) is -1.18. The molecule has 0 heterocycles. The van der Waals surface area contributed by atoms with Crippen molar-refractivity contribution < 1.29 is 23.4 Å². The van der Waals surface area contributed by atoms with Crippen molar-refractivity contribution in [3.05, 3.63) is 23.8 Å². The fourth-order valence-corrected chi connectivity index (χ4v) is 3.47. The highest BCUT2D eigenvalue weighted by atomic mass is 32.2. The van der Waals surface area contributed by atoms with E-state index >= 15 is 0 Å². The van der Waals surface area contributed by atoms with Gasteiger partial charge in [-0.3, -0.25) is 0 Å². The molecule has 8 heteroatoms. The van der Waals surface area contributed by atoms with Crippen LogP contribution in [0.15, 0.2) is 23.1 Å². The Hall–Kier alpha value is -1.64. The number of carbonyl (C=O) groups is 1. The number of nitrogens with two attached hydrogens (primary N) is 1. The van der Waals surface area contributed by atoms with Gasteiger partial charge >= 0.3 is 5.97 Å². The van der Waals surface area contributed by atoms with Crippen LogP contribution >= 0.6 is 0 Å². The molecule has 0 amide bonds. The van der Waals surface area contributed by atoms with Crippen LogP contribution in [0.3, 0.4) is 0 Å². The molecule has 5 N–H and O–H groups in total. The predicted molar refractivity (Wildman–Crippen MR) is 78.5 cm³/mol. The van der Waals surface area contributed by atoms with Crippen LogP contribution in [0.2, 0.25) is 0 Å². The van der Waals surface area contributed by atoms with Crippen LogP contribution in [-0.4, -0.2) is 36.7 Å². The Morgan fingerprint density at radius 3 is 2.48 bits per heavy atom. The van der Waals surface area contributed by atoms with Gasteiger partial charge in [-0.15, -0.1) is 0 Å². The molecule has 1 aromatic rings. The van der Waals surface area contributed by atoms with Gasteiger partial charge < -0.3 is 15.9 Å². The fraction of sp³-hybridized carbons (Fsp3) is 0.462. The average Bonchev–Trinajstić information content (AvgIpc) is 2.37. The normalized spacial score (nSPS) is 14.6. The lowest BCUT2D eigenvalue weighted by molar-refractivity contribution is 0.0696. The number of aromatic carboxylic acids is 1. The molecule has 0 saturated heterocycles. The minimum atomic E-state index is -3.90. The molecular weight excluding hydrogens is 296 g/mol. The standard InChI is InChI=1S/C13H20N2O5S/c1-3-13(2,6-7-16)15-21(19,20)11-5-4-9(12(17)18)8-10(11)14/h4-5,8,15-16H,3,6-7,14H2,1-2H3,(H,17,18). The lowest BCUT2D eigenvalue weighted by atomic mass is 9.97. The molecule has 7 nitrogen and oxygen atoms in total. The molecule has 0 bridgehead atoms. The molecule has 0 spiro atoms. The molecule has 1 rings (SSSR count). The van der Waals surface area contributed by atoms with Crippen molar-refractivity contribution in [2.45, 2.75) is 37.1 Å². The SMILES string of the molecule is CCC(C)(CCO)NS(=O)(=O)c1ccc(C(=O)O)cc1N. The van der Waals surface area contributed by atoms with Crippen LogP contribution in [0.25, 0.3) is 0 Å². The number of aliphatic hydroxyl groups is 1. The van der Waals surface area contributed by atoms with Gasteiger partial charge in [-0.05, 0) is 38.0 Å². The molecule has 21 heavy (non-hydrogen) atoms. The summed E-state index contributed by atoms with van der Waals surface area (Å²) >= 11 is 0. The zero-order valence-corrected chi connectivity index (χ0v) is 12.8. The third-order valence-electron chi connectivity index (χ3n) is 3.37. The van der Waals surface area contributed by atoms with Gasteiger partial charge in [0.1, 0.15) is 4.90 Å². The number of hydrogen-bond acceptors (Lipinski definition) is 5. The highest BCUT2D eigenvalue weighted by Gasteiger charge is 2.29. The van der Waals surface area contributed by atoms with E-state index in [9.17, 15) is 13.2 Å². The third kappa shape index (κ3) is 4.16. The van der Waals surface area contributed by atoms with E-state index in [1.165, 1.54) is 6.07 Å².